The molecule has 6 nitrogen and oxygen atoms in total. The zero-order chi connectivity index (χ0) is 26.1. The van der Waals surface area contributed by atoms with Gasteiger partial charge >= 0.3 is 5.97 Å². The number of carbonyl (C=O) groups is 1. The molecule has 1 aromatic heterocycles. The molecule has 2 heterocycles. The smallest absolute Gasteiger partial charge is 0.345 e. The zero-order valence-electron chi connectivity index (χ0n) is 22.2. The molecule has 0 unspecified atom stereocenters. The second kappa shape index (κ2) is 13.4. The van der Waals surface area contributed by atoms with Crippen molar-refractivity contribution >= 4 is 22.6 Å². The van der Waals surface area contributed by atoms with Crippen LogP contribution in [0.15, 0.2) is 46.8 Å². The number of benzene rings is 1. The summed E-state index contributed by atoms with van der Waals surface area (Å²) in [7, 11) is 1.28. The highest BCUT2D eigenvalue weighted by Crippen LogP contribution is 2.31. The Hall–Kier alpha value is -2.93. The molecule has 1 aliphatic heterocycles. The number of esters is 1. The molecule has 0 radical (unpaired) electrons. The second-order valence-electron chi connectivity index (χ2n) is 9.32. The number of hydrogen-bond acceptors (Lipinski definition) is 5. The fraction of sp³-hybridized carbons (Fsp3) is 0.517. The van der Waals surface area contributed by atoms with Crippen LogP contribution in [0.1, 0.15) is 63.2 Å². The number of halogens is 1. The van der Waals surface area contributed by atoms with Gasteiger partial charge in [0.1, 0.15) is 11.4 Å². The van der Waals surface area contributed by atoms with E-state index in [9.17, 15) is 14.0 Å². The number of ether oxygens (including phenoxy) is 1. The van der Waals surface area contributed by atoms with E-state index in [1.807, 2.05) is 19.1 Å². The molecule has 1 fully saturated rings. The topological polar surface area (TPSA) is 54.8 Å². The molecule has 3 rings (SSSR count). The number of allylic oxidation sites excluding steroid dienone is 4. The SMILES string of the molecule is CC/C=C\C=C(/CC)Cn1c(=O)c(C(=O)OC)c(N2CCN(CCCCC)CC2)c2cc(F)ccc21. The summed E-state index contributed by atoms with van der Waals surface area (Å²) in [5.41, 5.74) is 1.72. The van der Waals surface area contributed by atoms with Crippen LogP contribution in [0, 0.1) is 5.82 Å². The Morgan fingerprint density at radius 1 is 1.11 bits per heavy atom. The first-order valence-electron chi connectivity index (χ1n) is 13.2. The molecule has 0 aliphatic carbocycles. The Balaban J connectivity index is 2.11. The van der Waals surface area contributed by atoms with Gasteiger partial charge in [-0.3, -0.25) is 9.69 Å². The van der Waals surface area contributed by atoms with Gasteiger partial charge in [0.25, 0.3) is 5.56 Å². The lowest BCUT2D eigenvalue weighted by molar-refractivity contribution is 0.0598. The van der Waals surface area contributed by atoms with Crippen molar-refractivity contribution in [1.29, 1.82) is 0 Å². The van der Waals surface area contributed by atoms with Crippen molar-refractivity contribution in [3.8, 4) is 0 Å². The van der Waals surface area contributed by atoms with Gasteiger partial charge in [-0.1, -0.05) is 57.4 Å². The zero-order valence-corrected chi connectivity index (χ0v) is 22.2. The summed E-state index contributed by atoms with van der Waals surface area (Å²) in [5.74, 6) is -1.09. The molecule has 2 aromatic rings. The number of aromatic nitrogens is 1. The summed E-state index contributed by atoms with van der Waals surface area (Å²) in [6, 6.07) is 4.46. The summed E-state index contributed by atoms with van der Waals surface area (Å²) in [6.07, 6.45) is 11.3. The van der Waals surface area contributed by atoms with Crippen LogP contribution in [0.5, 0.6) is 0 Å². The third-order valence-corrected chi connectivity index (χ3v) is 6.88. The molecule has 196 valence electrons. The molecule has 36 heavy (non-hydrogen) atoms. The fourth-order valence-corrected chi connectivity index (χ4v) is 4.79. The van der Waals surface area contributed by atoms with Crippen LogP contribution < -0.4 is 10.5 Å². The molecular weight excluding hydrogens is 457 g/mol. The van der Waals surface area contributed by atoms with Crippen molar-refractivity contribution in [2.75, 3.05) is 44.7 Å². The van der Waals surface area contributed by atoms with E-state index in [-0.39, 0.29) is 5.56 Å². The van der Waals surface area contributed by atoms with Crippen molar-refractivity contribution < 1.29 is 13.9 Å². The number of hydrogen-bond donors (Lipinski definition) is 0. The number of rotatable bonds is 11. The predicted molar refractivity (Wildman–Crippen MR) is 145 cm³/mol. The summed E-state index contributed by atoms with van der Waals surface area (Å²) in [6.45, 7) is 10.6. The van der Waals surface area contributed by atoms with Gasteiger partial charge in [-0.25, -0.2) is 9.18 Å². The number of nitrogens with zero attached hydrogens (tertiary/aromatic N) is 3. The normalized spacial score (nSPS) is 15.2. The van der Waals surface area contributed by atoms with Gasteiger partial charge in [-0.2, -0.15) is 0 Å². The van der Waals surface area contributed by atoms with Crippen LogP contribution in [0.2, 0.25) is 0 Å². The highest BCUT2D eigenvalue weighted by molar-refractivity contribution is 6.05. The van der Waals surface area contributed by atoms with Gasteiger partial charge in [0, 0.05) is 38.1 Å². The number of pyridine rings is 1. The number of piperazine rings is 1. The van der Waals surface area contributed by atoms with E-state index in [4.69, 9.17) is 4.74 Å². The number of unbranched alkanes of at least 4 members (excludes halogenated alkanes) is 2. The number of methoxy groups -OCH3 is 1. The first kappa shape index (κ1) is 27.7. The maximum Gasteiger partial charge on any atom is 0.345 e. The minimum Gasteiger partial charge on any atom is -0.465 e. The summed E-state index contributed by atoms with van der Waals surface area (Å²) >= 11 is 0. The fourth-order valence-electron chi connectivity index (χ4n) is 4.79. The number of carbonyl (C=O) groups excluding carboxylic acids is 1. The lowest BCUT2D eigenvalue weighted by Gasteiger charge is -2.37. The standard InChI is InChI=1S/C29H40FN3O3/c1-5-8-10-12-22(7-3)21-33-25-14-13-23(30)20-24(25)27(26(28(33)34)29(35)36-4)32-18-16-31(17-19-32)15-11-9-6-2/h8,10,12-14,20H,5-7,9,11,15-19,21H2,1-4H3/b10-8-,22-12+. The van der Waals surface area contributed by atoms with E-state index in [2.05, 4.69) is 29.7 Å². The number of fused-ring (bicyclic) bond motifs is 1. The Kier molecular flexibility index (Phi) is 10.3. The highest BCUT2D eigenvalue weighted by Gasteiger charge is 2.29. The lowest BCUT2D eigenvalue weighted by atomic mass is 10.0. The summed E-state index contributed by atoms with van der Waals surface area (Å²) < 4.78 is 21.2. The van der Waals surface area contributed by atoms with Gasteiger partial charge < -0.3 is 14.2 Å². The third-order valence-electron chi connectivity index (χ3n) is 6.88. The average Bonchev–Trinajstić information content (AvgIpc) is 2.89. The van der Waals surface area contributed by atoms with E-state index in [0.29, 0.717) is 36.2 Å². The summed E-state index contributed by atoms with van der Waals surface area (Å²) in [5, 5.41) is 0.564. The Morgan fingerprint density at radius 2 is 1.86 bits per heavy atom. The molecule has 0 amide bonds. The van der Waals surface area contributed by atoms with Gasteiger partial charge in [0.05, 0.1) is 18.3 Å². The van der Waals surface area contributed by atoms with Crippen LogP contribution >= 0.6 is 0 Å². The first-order chi connectivity index (χ1) is 17.4. The van der Waals surface area contributed by atoms with Gasteiger partial charge in [0.15, 0.2) is 0 Å². The molecular formula is C29H40FN3O3. The Bertz CT molecular complexity index is 1160. The van der Waals surface area contributed by atoms with Crippen molar-refractivity contribution in [3.05, 3.63) is 63.7 Å². The summed E-state index contributed by atoms with van der Waals surface area (Å²) in [4.78, 5) is 31.3. The van der Waals surface area contributed by atoms with Crippen molar-refractivity contribution in [3.63, 3.8) is 0 Å². The molecule has 0 spiro atoms. The molecule has 1 aromatic carbocycles. The molecule has 0 N–H and O–H groups in total. The minimum atomic E-state index is -0.687. The Labute approximate surface area is 214 Å². The first-order valence-corrected chi connectivity index (χ1v) is 13.2. The van der Waals surface area contributed by atoms with Crippen LogP contribution in [0.25, 0.3) is 10.9 Å². The van der Waals surface area contributed by atoms with Crippen molar-refractivity contribution in [2.24, 2.45) is 0 Å². The minimum absolute atomic E-state index is 0.0189. The molecule has 1 saturated heterocycles. The third kappa shape index (κ3) is 6.44. The van der Waals surface area contributed by atoms with Crippen LogP contribution in [-0.4, -0.2) is 55.3 Å². The van der Waals surface area contributed by atoms with Gasteiger partial charge in [-0.15, -0.1) is 0 Å². The quantitative estimate of drug-likeness (QED) is 0.232. The predicted octanol–water partition coefficient (Wildman–Crippen LogP) is 5.54. The maximum absolute atomic E-state index is 14.5. The molecule has 7 heteroatoms. The van der Waals surface area contributed by atoms with E-state index in [1.54, 1.807) is 10.6 Å². The average molecular weight is 498 g/mol. The largest absolute Gasteiger partial charge is 0.465 e. The monoisotopic (exact) mass is 497 g/mol. The van der Waals surface area contributed by atoms with Gasteiger partial charge in [-0.05, 0) is 44.0 Å². The molecule has 0 saturated carbocycles. The van der Waals surface area contributed by atoms with Gasteiger partial charge in [0.2, 0.25) is 0 Å². The number of anilines is 1. The van der Waals surface area contributed by atoms with E-state index < -0.39 is 17.3 Å². The van der Waals surface area contributed by atoms with E-state index in [0.717, 1.165) is 44.5 Å². The molecule has 0 bridgehead atoms. The second-order valence-corrected chi connectivity index (χ2v) is 9.32. The lowest BCUT2D eigenvalue weighted by Crippen LogP contribution is -2.48. The Morgan fingerprint density at radius 3 is 2.50 bits per heavy atom. The van der Waals surface area contributed by atoms with Crippen molar-refractivity contribution in [2.45, 2.75) is 59.4 Å². The van der Waals surface area contributed by atoms with Crippen LogP contribution in [0.3, 0.4) is 0 Å². The van der Waals surface area contributed by atoms with E-state index >= 15 is 0 Å². The van der Waals surface area contributed by atoms with Crippen molar-refractivity contribution in [1.82, 2.24) is 9.47 Å². The maximum atomic E-state index is 14.5. The molecule has 1 aliphatic rings. The van der Waals surface area contributed by atoms with E-state index in [1.165, 1.54) is 32.1 Å². The van der Waals surface area contributed by atoms with Crippen LogP contribution in [0.4, 0.5) is 10.1 Å². The highest BCUT2D eigenvalue weighted by atomic mass is 19.1. The van der Waals surface area contributed by atoms with Crippen LogP contribution in [-0.2, 0) is 11.3 Å². The molecule has 0 atom stereocenters.